The number of fused-ring (bicyclic) bond motifs is 3. The number of phenolic OH excluding ortho intramolecular Hbond substituents is 2. The van der Waals surface area contributed by atoms with E-state index < -0.39 is 89.1 Å². The van der Waals surface area contributed by atoms with Gasteiger partial charge in [0.2, 0.25) is 5.78 Å². The lowest BCUT2D eigenvalue weighted by Gasteiger charge is -2.42. The first-order chi connectivity index (χ1) is 20.3. The molecule has 5 rings (SSSR count). The maximum Gasteiger partial charge on any atom is 0.202 e. The first-order valence-corrected chi connectivity index (χ1v) is 14.8. The molecule has 1 heterocycles. The summed E-state index contributed by atoms with van der Waals surface area (Å²) < 4.78 is 17.2. The number of aliphatic hydroxyl groups excluding tert-OH is 1. The van der Waals surface area contributed by atoms with Gasteiger partial charge in [-0.25, -0.2) is 0 Å². The summed E-state index contributed by atoms with van der Waals surface area (Å²) in [6.45, 7) is 3.23. The summed E-state index contributed by atoms with van der Waals surface area (Å²) in [6.07, 6.45) is -4.86. The van der Waals surface area contributed by atoms with Crippen molar-refractivity contribution in [2.24, 2.45) is 5.73 Å². The summed E-state index contributed by atoms with van der Waals surface area (Å²) in [7, 11) is 1.33. The van der Waals surface area contributed by atoms with E-state index in [9.17, 15) is 39.6 Å². The second-order valence-electron chi connectivity index (χ2n) is 11.0. The SMILES string of the molecule is CCC(=O)SCC(=O)[C@]1(O)Cc2c(O)c3c(c(O)c2[C@@H](OC2CC(N)C(O)C(C)O2)C1)C(=O)c1c(OC)cccc1C3=O. The number of hydrogen-bond donors (Lipinski definition) is 5. The van der Waals surface area contributed by atoms with Crippen LogP contribution in [0.5, 0.6) is 17.2 Å². The molecule has 13 heteroatoms. The van der Waals surface area contributed by atoms with Gasteiger partial charge in [0, 0.05) is 48.4 Å². The number of ketones is 3. The number of carbonyl (C=O) groups is 4. The van der Waals surface area contributed by atoms with E-state index in [4.69, 9.17) is 19.9 Å². The predicted octanol–water partition coefficient (Wildman–Crippen LogP) is 1.68. The number of phenols is 2. The number of ether oxygens (including phenoxy) is 3. The van der Waals surface area contributed by atoms with Gasteiger partial charge in [0.05, 0.1) is 47.9 Å². The molecule has 6 atom stereocenters. The van der Waals surface area contributed by atoms with E-state index in [-0.39, 0.29) is 51.7 Å². The molecule has 4 unspecified atom stereocenters. The van der Waals surface area contributed by atoms with Crippen LogP contribution in [0, 0.1) is 0 Å². The number of aromatic hydroxyl groups is 2. The molecular weight excluding hydrogens is 582 g/mol. The summed E-state index contributed by atoms with van der Waals surface area (Å²) in [4.78, 5) is 52.6. The monoisotopic (exact) mass is 615 g/mol. The van der Waals surface area contributed by atoms with Gasteiger partial charge in [0.15, 0.2) is 23.0 Å². The quantitative estimate of drug-likeness (QED) is 0.240. The van der Waals surface area contributed by atoms with Crippen LogP contribution in [0.2, 0.25) is 0 Å². The Kier molecular flexibility index (Phi) is 8.42. The third-order valence-electron chi connectivity index (χ3n) is 8.31. The summed E-state index contributed by atoms with van der Waals surface area (Å²) in [5, 5.41) is 44.8. The molecule has 0 amide bonds. The Morgan fingerprint density at radius 3 is 2.49 bits per heavy atom. The molecule has 0 bridgehead atoms. The number of carbonyl (C=O) groups excluding carboxylic acids is 4. The Balaban J connectivity index is 1.64. The van der Waals surface area contributed by atoms with Crippen LogP contribution in [0.15, 0.2) is 18.2 Å². The second-order valence-corrected chi connectivity index (χ2v) is 12.0. The maximum absolute atomic E-state index is 13.8. The fraction of sp³-hybridized carbons (Fsp3) is 0.467. The van der Waals surface area contributed by atoms with E-state index in [1.165, 1.54) is 25.3 Å². The van der Waals surface area contributed by atoms with Crippen LogP contribution in [-0.4, -0.2) is 85.9 Å². The Morgan fingerprint density at radius 2 is 1.84 bits per heavy atom. The average molecular weight is 616 g/mol. The number of thioether (sulfide) groups is 1. The van der Waals surface area contributed by atoms with Gasteiger partial charge in [-0.15, -0.1) is 0 Å². The molecule has 0 radical (unpaired) electrons. The van der Waals surface area contributed by atoms with Crippen LogP contribution in [0.3, 0.4) is 0 Å². The Hall–Kier alpha value is -3.33. The molecule has 1 saturated heterocycles. The van der Waals surface area contributed by atoms with Gasteiger partial charge in [-0.1, -0.05) is 30.8 Å². The van der Waals surface area contributed by atoms with Crippen molar-refractivity contribution in [2.75, 3.05) is 12.9 Å². The standard InChI is InChI=1S/C30H33NO11S/c1-4-19(33)43-11-18(32)30(39)9-14-22(17(10-30)42-20-8-15(31)25(34)12(2)41-20)29(38)24-23(27(14)36)26(35)13-6-5-7-16(40-3)21(13)28(24)37/h5-7,12,15,17,20,25,34,36,38-39H,4,8-11,31H2,1-3H3/t12?,15?,17-,20?,25?,30-/m0/s1. The third-order valence-corrected chi connectivity index (χ3v) is 9.33. The number of rotatable bonds is 7. The molecule has 2 aromatic carbocycles. The van der Waals surface area contributed by atoms with Crippen LogP contribution in [0.25, 0.3) is 0 Å². The van der Waals surface area contributed by atoms with Gasteiger partial charge in [0.1, 0.15) is 22.8 Å². The molecule has 1 fully saturated rings. The van der Waals surface area contributed by atoms with Crippen LogP contribution in [-0.2, 0) is 25.5 Å². The second kappa shape index (κ2) is 11.6. The predicted molar refractivity (Wildman–Crippen MR) is 152 cm³/mol. The molecule has 6 N–H and O–H groups in total. The Labute approximate surface area is 251 Å². The summed E-state index contributed by atoms with van der Waals surface area (Å²) >= 11 is 0.742. The van der Waals surface area contributed by atoms with Crippen LogP contribution < -0.4 is 10.5 Å². The molecule has 0 saturated carbocycles. The highest BCUT2D eigenvalue weighted by Gasteiger charge is 2.50. The molecule has 0 spiro atoms. The van der Waals surface area contributed by atoms with E-state index in [1.807, 2.05) is 0 Å². The first-order valence-electron chi connectivity index (χ1n) is 13.9. The minimum absolute atomic E-state index is 0.0181. The number of benzene rings is 2. The van der Waals surface area contributed by atoms with E-state index >= 15 is 0 Å². The topological polar surface area (TPSA) is 203 Å². The summed E-state index contributed by atoms with van der Waals surface area (Å²) in [6, 6.07) is 3.65. The number of Topliss-reactive ketones (excluding diaryl/α,β-unsaturated/α-hetero) is 1. The fourth-order valence-corrected chi connectivity index (χ4v) is 6.75. The zero-order valence-corrected chi connectivity index (χ0v) is 24.6. The maximum atomic E-state index is 13.8. The molecule has 43 heavy (non-hydrogen) atoms. The smallest absolute Gasteiger partial charge is 0.202 e. The van der Waals surface area contributed by atoms with Crippen molar-refractivity contribution in [1.29, 1.82) is 0 Å². The van der Waals surface area contributed by atoms with Crippen molar-refractivity contribution >= 4 is 34.2 Å². The Morgan fingerprint density at radius 1 is 1.14 bits per heavy atom. The van der Waals surface area contributed by atoms with Crippen molar-refractivity contribution in [3.8, 4) is 17.2 Å². The molecular formula is C30H33NO11S. The van der Waals surface area contributed by atoms with Crippen molar-refractivity contribution in [3.05, 3.63) is 51.6 Å². The summed E-state index contributed by atoms with van der Waals surface area (Å²) in [5.41, 5.74) is 2.57. The lowest BCUT2D eigenvalue weighted by molar-refractivity contribution is -0.247. The normalized spacial score (nSPS) is 28.1. The molecule has 230 valence electrons. The highest BCUT2D eigenvalue weighted by Crippen LogP contribution is 2.52. The van der Waals surface area contributed by atoms with E-state index in [0.29, 0.717) is 0 Å². The first kappa shape index (κ1) is 31.1. The van der Waals surface area contributed by atoms with Crippen molar-refractivity contribution in [3.63, 3.8) is 0 Å². The van der Waals surface area contributed by atoms with Crippen LogP contribution >= 0.6 is 11.8 Å². The van der Waals surface area contributed by atoms with Gasteiger partial charge in [-0.3, -0.25) is 19.2 Å². The molecule has 12 nitrogen and oxygen atoms in total. The highest BCUT2D eigenvalue weighted by atomic mass is 32.2. The average Bonchev–Trinajstić information content (AvgIpc) is 2.98. The summed E-state index contributed by atoms with van der Waals surface area (Å²) in [5.74, 6) is -3.85. The minimum atomic E-state index is -2.18. The highest BCUT2D eigenvalue weighted by molar-refractivity contribution is 8.14. The van der Waals surface area contributed by atoms with Crippen molar-refractivity contribution in [1.82, 2.24) is 0 Å². The lowest BCUT2D eigenvalue weighted by atomic mass is 9.72. The molecule has 3 aliphatic rings. The number of aliphatic hydroxyl groups is 2. The molecule has 2 aromatic rings. The van der Waals surface area contributed by atoms with Gasteiger partial charge < -0.3 is 40.4 Å². The largest absolute Gasteiger partial charge is 0.507 e. The number of nitrogens with two attached hydrogens (primary N) is 1. The number of methoxy groups -OCH3 is 1. The molecule has 1 aliphatic heterocycles. The fourth-order valence-electron chi connectivity index (χ4n) is 5.99. The van der Waals surface area contributed by atoms with Crippen molar-refractivity contribution in [2.45, 2.75) is 75.8 Å². The van der Waals surface area contributed by atoms with Crippen molar-refractivity contribution < 1.29 is 53.8 Å². The van der Waals surface area contributed by atoms with Gasteiger partial charge in [-0.05, 0) is 13.0 Å². The minimum Gasteiger partial charge on any atom is -0.507 e. The van der Waals surface area contributed by atoms with Crippen LogP contribution in [0.4, 0.5) is 0 Å². The lowest BCUT2D eigenvalue weighted by Crippen LogP contribution is -2.53. The Bertz CT molecular complexity index is 1510. The van der Waals surface area contributed by atoms with Gasteiger partial charge in [0.25, 0.3) is 0 Å². The van der Waals surface area contributed by atoms with E-state index in [1.54, 1.807) is 13.8 Å². The molecule has 0 aromatic heterocycles. The zero-order valence-electron chi connectivity index (χ0n) is 23.8. The van der Waals surface area contributed by atoms with E-state index in [2.05, 4.69) is 0 Å². The van der Waals surface area contributed by atoms with Gasteiger partial charge >= 0.3 is 0 Å². The van der Waals surface area contributed by atoms with Crippen LogP contribution in [0.1, 0.15) is 82.2 Å². The molecule has 2 aliphatic carbocycles. The third kappa shape index (κ3) is 5.23. The van der Waals surface area contributed by atoms with Gasteiger partial charge in [-0.2, -0.15) is 0 Å². The number of hydrogen-bond acceptors (Lipinski definition) is 13. The zero-order chi connectivity index (χ0) is 31.4. The van der Waals surface area contributed by atoms with E-state index in [0.717, 1.165) is 11.8 Å².